The maximum absolute atomic E-state index is 13.2. The van der Waals surface area contributed by atoms with Gasteiger partial charge in [-0.05, 0) is 55.0 Å². The van der Waals surface area contributed by atoms with Crippen molar-refractivity contribution in [3.63, 3.8) is 0 Å². The maximum atomic E-state index is 13.2. The third kappa shape index (κ3) is 5.23. The Hall–Kier alpha value is -2.57. The zero-order valence-electron chi connectivity index (χ0n) is 17.6. The predicted octanol–water partition coefficient (Wildman–Crippen LogP) is 4.76. The molecular formula is C22H18BrClN4O4S2. The molecule has 3 aromatic carbocycles. The van der Waals surface area contributed by atoms with Crippen molar-refractivity contribution in [2.24, 2.45) is 0 Å². The Bertz CT molecular complexity index is 1480. The number of rotatable bonds is 7. The number of nitrogens with one attached hydrogen (secondary N) is 2. The molecule has 8 nitrogen and oxygen atoms in total. The van der Waals surface area contributed by atoms with E-state index in [1.54, 1.807) is 37.3 Å². The van der Waals surface area contributed by atoms with E-state index in [4.69, 9.17) is 11.6 Å². The van der Waals surface area contributed by atoms with E-state index in [0.29, 0.717) is 11.1 Å². The van der Waals surface area contributed by atoms with Crippen molar-refractivity contribution >= 4 is 71.9 Å². The van der Waals surface area contributed by atoms with E-state index >= 15 is 0 Å². The largest absolute Gasteiger partial charge is 0.386 e. The van der Waals surface area contributed by atoms with Gasteiger partial charge >= 0.3 is 0 Å². The third-order valence-electron chi connectivity index (χ3n) is 5.03. The Morgan fingerprint density at radius 2 is 1.88 bits per heavy atom. The summed E-state index contributed by atoms with van der Waals surface area (Å²) in [5.41, 5.74) is 1.34. The first-order valence-corrected chi connectivity index (χ1v) is 13.3. The molecule has 2 atom stereocenters. The van der Waals surface area contributed by atoms with E-state index in [-0.39, 0.29) is 26.7 Å². The van der Waals surface area contributed by atoms with Crippen LogP contribution in [0.15, 0.2) is 70.0 Å². The number of aliphatic hydroxyl groups excluding tert-OH is 1. The van der Waals surface area contributed by atoms with Crippen LogP contribution in [0.1, 0.15) is 28.9 Å². The topological polar surface area (TPSA) is 121 Å². The quantitative estimate of drug-likeness (QED) is 0.289. The normalized spacial score (nSPS) is 13.4. The molecule has 0 aliphatic rings. The molecule has 0 aliphatic heterocycles. The summed E-state index contributed by atoms with van der Waals surface area (Å²) in [5, 5.41) is 13.6. The van der Waals surface area contributed by atoms with Crippen molar-refractivity contribution in [3.05, 3.63) is 81.3 Å². The van der Waals surface area contributed by atoms with Crippen molar-refractivity contribution in [1.29, 1.82) is 0 Å². The number of aromatic nitrogens is 2. The number of hydrogen-bond acceptors (Lipinski definition) is 7. The lowest BCUT2D eigenvalue weighted by Crippen LogP contribution is -2.37. The van der Waals surface area contributed by atoms with Crippen LogP contribution in [0.3, 0.4) is 0 Å². The summed E-state index contributed by atoms with van der Waals surface area (Å²) in [6, 6.07) is 15.3. The minimum Gasteiger partial charge on any atom is -0.386 e. The Morgan fingerprint density at radius 3 is 2.65 bits per heavy atom. The number of fused-ring (bicyclic) bond motifs is 1. The lowest BCUT2D eigenvalue weighted by atomic mass is 10.0. The fourth-order valence-corrected chi connectivity index (χ4v) is 5.77. The zero-order chi connectivity index (χ0) is 24.5. The Morgan fingerprint density at radius 1 is 1.12 bits per heavy atom. The molecule has 0 spiro atoms. The molecule has 4 rings (SSSR count). The smallest absolute Gasteiger partial charge is 0.264 e. The SMILES string of the molecule is CC(NC(=O)c1ccc(Cl)cc1NS(=O)(=O)c1cccc2nsnc12)[C@@H](O)c1cccc(Br)c1. The number of carbonyl (C=O) groups excluding carboxylic acids is 1. The van der Waals surface area contributed by atoms with Gasteiger partial charge in [-0.1, -0.05) is 45.7 Å². The van der Waals surface area contributed by atoms with Crippen LogP contribution >= 0.6 is 39.3 Å². The van der Waals surface area contributed by atoms with E-state index in [1.807, 2.05) is 6.07 Å². The molecule has 0 bridgehead atoms. The van der Waals surface area contributed by atoms with Crippen molar-refractivity contribution < 1.29 is 18.3 Å². The Labute approximate surface area is 213 Å². The van der Waals surface area contributed by atoms with E-state index in [2.05, 4.69) is 34.7 Å². The maximum Gasteiger partial charge on any atom is 0.264 e. The summed E-state index contributed by atoms with van der Waals surface area (Å²) < 4.78 is 37.7. The molecule has 4 aromatic rings. The van der Waals surface area contributed by atoms with E-state index < -0.39 is 28.1 Å². The van der Waals surface area contributed by atoms with Gasteiger partial charge in [-0.2, -0.15) is 8.75 Å². The predicted molar refractivity (Wildman–Crippen MR) is 136 cm³/mol. The fraction of sp³-hybridized carbons (Fsp3) is 0.136. The fourth-order valence-electron chi connectivity index (χ4n) is 3.34. The number of aliphatic hydroxyl groups is 1. The van der Waals surface area contributed by atoms with Crippen molar-refractivity contribution in [2.45, 2.75) is 24.0 Å². The van der Waals surface area contributed by atoms with Crippen LogP contribution < -0.4 is 10.0 Å². The molecule has 0 saturated carbocycles. The second-order valence-electron chi connectivity index (χ2n) is 7.45. The molecule has 1 heterocycles. The first-order chi connectivity index (χ1) is 16.2. The number of benzene rings is 3. The summed E-state index contributed by atoms with van der Waals surface area (Å²) in [6.45, 7) is 1.65. The van der Waals surface area contributed by atoms with Crippen molar-refractivity contribution in [2.75, 3.05) is 4.72 Å². The lowest BCUT2D eigenvalue weighted by Gasteiger charge is -2.22. The van der Waals surface area contributed by atoms with Gasteiger partial charge in [0, 0.05) is 9.50 Å². The number of hydrogen-bond donors (Lipinski definition) is 3. The molecule has 1 amide bonds. The van der Waals surface area contributed by atoms with Gasteiger partial charge in [0.05, 0.1) is 35.1 Å². The molecule has 1 aromatic heterocycles. The van der Waals surface area contributed by atoms with Crippen LogP contribution in [0.4, 0.5) is 5.69 Å². The average Bonchev–Trinajstić information content (AvgIpc) is 3.27. The monoisotopic (exact) mass is 580 g/mol. The Kier molecular flexibility index (Phi) is 7.20. The average molecular weight is 582 g/mol. The lowest BCUT2D eigenvalue weighted by molar-refractivity contribution is 0.0853. The highest BCUT2D eigenvalue weighted by Crippen LogP contribution is 2.28. The number of amides is 1. The second kappa shape index (κ2) is 9.96. The molecular weight excluding hydrogens is 564 g/mol. The minimum absolute atomic E-state index is 0.00524. The standard InChI is InChI=1S/C22H18BrClN4O4S2/c1-12(21(29)13-4-2-5-14(23)10-13)25-22(30)16-9-8-15(24)11-18(16)28-34(31,32)19-7-3-6-17-20(19)27-33-26-17/h2-12,21,28-29H,1H3,(H,25,30)/t12?,21-/m1/s1. The van der Waals surface area contributed by atoms with Crippen LogP contribution in [0, 0.1) is 0 Å². The van der Waals surface area contributed by atoms with Gasteiger partial charge in [0.25, 0.3) is 15.9 Å². The summed E-state index contributed by atoms with van der Waals surface area (Å²) in [7, 11) is -4.11. The van der Waals surface area contributed by atoms with Crippen LogP contribution in [-0.2, 0) is 10.0 Å². The number of anilines is 1. The summed E-state index contributed by atoms with van der Waals surface area (Å²) in [6.07, 6.45) is -0.983. The zero-order valence-corrected chi connectivity index (χ0v) is 21.5. The van der Waals surface area contributed by atoms with E-state index in [0.717, 1.165) is 16.2 Å². The van der Waals surface area contributed by atoms with E-state index in [9.17, 15) is 18.3 Å². The molecule has 1 unspecified atom stereocenters. The highest BCUT2D eigenvalue weighted by molar-refractivity contribution is 9.10. The molecule has 3 N–H and O–H groups in total. The highest BCUT2D eigenvalue weighted by atomic mass is 79.9. The van der Waals surface area contributed by atoms with Gasteiger partial charge in [-0.15, -0.1) is 0 Å². The number of carbonyl (C=O) groups is 1. The Balaban J connectivity index is 1.60. The van der Waals surface area contributed by atoms with E-state index in [1.165, 1.54) is 24.3 Å². The van der Waals surface area contributed by atoms with Gasteiger partial charge in [0.2, 0.25) is 0 Å². The first kappa shape index (κ1) is 24.6. The first-order valence-electron chi connectivity index (χ1n) is 9.94. The van der Waals surface area contributed by atoms with Crippen molar-refractivity contribution in [1.82, 2.24) is 14.1 Å². The number of halogens is 2. The van der Waals surface area contributed by atoms with Gasteiger partial charge in [0.1, 0.15) is 15.9 Å². The van der Waals surface area contributed by atoms with Crippen LogP contribution in [0.25, 0.3) is 11.0 Å². The van der Waals surface area contributed by atoms with Crippen molar-refractivity contribution in [3.8, 4) is 0 Å². The van der Waals surface area contributed by atoms with Crippen LogP contribution in [-0.4, -0.2) is 34.2 Å². The summed E-state index contributed by atoms with van der Waals surface area (Å²) in [5.74, 6) is -0.579. The van der Waals surface area contributed by atoms with Gasteiger partial charge < -0.3 is 10.4 Å². The number of sulfonamides is 1. The third-order valence-corrected chi connectivity index (χ3v) is 7.70. The minimum atomic E-state index is -4.11. The van der Waals surface area contributed by atoms with Gasteiger partial charge in [-0.25, -0.2) is 8.42 Å². The van der Waals surface area contributed by atoms with Gasteiger partial charge in [-0.3, -0.25) is 9.52 Å². The molecule has 0 aliphatic carbocycles. The molecule has 34 heavy (non-hydrogen) atoms. The summed E-state index contributed by atoms with van der Waals surface area (Å²) in [4.78, 5) is 13.0. The molecule has 0 radical (unpaired) electrons. The summed E-state index contributed by atoms with van der Waals surface area (Å²) >= 11 is 10.4. The molecule has 0 fully saturated rings. The highest BCUT2D eigenvalue weighted by Gasteiger charge is 2.25. The van der Waals surface area contributed by atoms with Gasteiger partial charge in [0.15, 0.2) is 0 Å². The second-order valence-corrected chi connectivity index (χ2v) is 11.0. The van der Waals surface area contributed by atoms with Crippen LogP contribution in [0.5, 0.6) is 0 Å². The molecule has 176 valence electrons. The molecule has 12 heteroatoms. The number of nitrogens with zero attached hydrogens (tertiary/aromatic N) is 2. The molecule has 0 saturated heterocycles. The van der Waals surface area contributed by atoms with Crippen LogP contribution in [0.2, 0.25) is 5.02 Å².